The van der Waals surface area contributed by atoms with Crippen molar-refractivity contribution in [1.82, 2.24) is 19.7 Å². The van der Waals surface area contributed by atoms with E-state index in [4.69, 9.17) is 19.4 Å². The fourth-order valence-electron chi connectivity index (χ4n) is 4.19. The minimum absolute atomic E-state index is 0.0322. The monoisotopic (exact) mass is 453 g/mol. The molecule has 0 radical (unpaired) electrons. The molecular formula is C23H27N5O5. The number of carbonyl (C=O) groups is 2. The van der Waals surface area contributed by atoms with Gasteiger partial charge in [0, 0.05) is 54.0 Å². The minimum atomic E-state index is -0.250. The van der Waals surface area contributed by atoms with Gasteiger partial charge in [-0.1, -0.05) is 12.1 Å². The molecule has 10 nitrogen and oxygen atoms in total. The molecule has 10 heteroatoms. The fraction of sp³-hybridized carbons (Fsp3) is 0.391. The molecule has 0 spiro atoms. The maximum absolute atomic E-state index is 12.4. The van der Waals surface area contributed by atoms with E-state index in [0.717, 1.165) is 42.6 Å². The van der Waals surface area contributed by atoms with Crippen molar-refractivity contribution < 1.29 is 24.2 Å². The second-order valence-electron chi connectivity index (χ2n) is 7.97. The van der Waals surface area contributed by atoms with Gasteiger partial charge in [0.25, 0.3) is 6.47 Å². The number of nitrogens with one attached hydrogen (secondary N) is 2. The number of amides is 1. The molecule has 1 amide bonds. The molecule has 3 heterocycles. The average molecular weight is 453 g/mol. The summed E-state index contributed by atoms with van der Waals surface area (Å²) in [5.41, 5.74) is 3.20. The van der Waals surface area contributed by atoms with E-state index in [-0.39, 0.29) is 18.3 Å². The van der Waals surface area contributed by atoms with Crippen LogP contribution in [0.15, 0.2) is 36.9 Å². The molecule has 33 heavy (non-hydrogen) atoms. The Morgan fingerprint density at radius 2 is 2.15 bits per heavy atom. The number of H-pyrrole nitrogens is 1. The van der Waals surface area contributed by atoms with Crippen LogP contribution in [0.4, 0.5) is 5.82 Å². The third-order valence-corrected chi connectivity index (χ3v) is 5.79. The van der Waals surface area contributed by atoms with Gasteiger partial charge >= 0.3 is 0 Å². The molecule has 1 unspecified atom stereocenters. The van der Waals surface area contributed by atoms with Gasteiger partial charge in [0.15, 0.2) is 17.3 Å². The fourth-order valence-corrected chi connectivity index (χ4v) is 4.19. The minimum Gasteiger partial charge on any atom is -0.493 e. The van der Waals surface area contributed by atoms with E-state index in [1.165, 1.54) is 0 Å². The Morgan fingerprint density at radius 3 is 2.85 bits per heavy atom. The Labute approximate surface area is 190 Å². The number of hydrogen-bond acceptors (Lipinski definition) is 6. The Hall–Kier alpha value is -3.82. The van der Waals surface area contributed by atoms with Crippen LogP contribution in [0.3, 0.4) is 0 Å². The van der Waals surface area contributed by atoms with Crippen molar-refractivity contribution in [3.05, 3.63) is 53.7 Å². The zero-order chi connectivity index (χ0) is 23.2. The van der Waals surface area contributed by atoms with Crippen molar-refractivity contribution in [2.24, 2.45) is 0 Å². The van der Waals surface area contributed by atoms with Crippen LogP contribution in [0.25, 0.3) is 0 Å². The van der Waals surface area contributed by atoms with Crippen LogP contribution < -0.4 is 14.8 Å². The molecular weight excluding hydrogens is 426 g/mol. The van der Waals surface area contributed by atoms with E-state index in [2.05, 4.69) is 20.5 Å². The highest BCUT2D eigenvalue weighted by atomic mass is 16.5. The van der Waals surface area contributed by atoms with E-state index in [9.17, 15) is 4.79 Å². The first-order valence-electron chi connectivity index (χ1n) is 10.9. The predicted octanol–water partition coefficient (Wildman–Crippen LogP) is 3.14. The number of imidazole rings is 1. The number of ether oxygens (including phenoxy) is 2. The molecule has 0 saturated heterocycles. The van der Waals surface area contributed by atoms with Crippen molar-refractivity contribution in [3.63, 3.8) is 0 Å². The Bertz CT molecular complexity index is 1090. The number of carboxylic acid groups (broad SMARTS) is 1. The Morgan fingerprint density at radius 1 is 1.33 bits per heavy atom. The molecule has 1 saturated carbocycles. The van der Waals surface area contributed by atoms with E-state index in [0.29, 0.717) is 36.3 Å². The summed E-state index contributed by atoms with van der Waals surface area (Å²) in [5.74, 6) is 2.39. The van der Waals surface area contributed by atoms with Crippen LogP contribution >= 0.6 is 0 Å². The molecule has 1 aliphatic carbocycles. The lowest BCUT2D eigenvalue weighted by Crippen LogP contribution is -2.24. The molecule has 2 aliphatic rings. The number of aryl methyl sites for hydroxylation is 1. The molecule has 0 bridgehead atoms. The molecule has 1 aliphatic heterocycles. The molecule has 1 fully saturated rings. The maximum Gasteiger partial charge on any atom is 0.290 e. The second-order valence-corrected chi connectivity index (χ2v) is 7.97. The summed E-state index contributed by atoms with van der Waals surface area (Å²) < 4.78 is 13.9. The van der Waals surface area contributed by atoms with Crippen molar-refractivity contribution in [2.75, 3.05) is 19.0 Å². The quantitative estimate of drug-likeness (QED) is 0.353. The number of para-hydroxylation sites is 1. The number of nitrogens with zero attached hydrogens (tertiary/aromatic N) is 3. The average Bonchev–Trinajstić information content (AvgIpc) is 3.35. The number of anilines is 1. The molecule has 3 aromatic rings. The number of rotatable bonds is 8. The van der Waals surface area contributed by atoms with Crippen molar-refractivity contribution in [1.29, 1.82) is 0 Å². The van der Waals surface area contributed by atoms with Crippen molar-refractivity contribution in [2.45, 2.75) is 44.1 Å². The summed E-state index contributed by atoms with van der Waals surface area (Å²) in [6.07, 6.45) is 9.03. The smallest absolute Gasteiger partial charge is 0.290 e. The third kappa shape index (κ3) is 5.00. The normalized spacial score (nSPS) is 16.8. The van der Waals surface area contributed by atoms with Gasteiger partial charge in [0.1, 0.15) is 0 Å². The van der Waals surface area contributed by atoms with Crippen LogP contribution in [0.1, 0.15) is 54.3 Å². The Kier molecular flexibility index (Phi) is 6.92. The van der Waals surface area contributed by atoms with Gasteiger partial charge < -0.3 is 24.5 Å². The van der Waals surface area contributed by atoms with Gasteiger partial charge in [0.05, 0.1) is 20.0 Å². The van der Waals surface area contributed by atoms with Crippen LogP contribution in [-0.4, -0.2) is 51.0 Å². The Balaban J connectivity index is 0.000000821. The number of benzene rings is 1. The zero-order valence-electron chi connectivity index (χ0n) is 18.4. The molecule has 174 valence electrons. The standard InChI is InChI=1S/C22H25N5O3.CH2O2/c1-29-17-5-2-4-15(21(17)30-11-3-9-27-10-8-23-13-27)16-12-18(28)24-22-19(16)20(25-26-22)14-6-7-14;2-1-3/h2,4-5,8,10,13-14,16H,3,6-7,9,11-12H2,1H3,(H2,24,25,26,28);1H,(H,2,3). The SMILES string of the molecule is COc1cccc(C2CC(=O)Nc3n[nH]c(C4CC4)c32)c1OCCCn1ccnc1.O=CO. The van der Waals surface area contributed by atoms with E-state index < -0.39 is 0 Å². The summed E-state index contributed by atoms with van der Waals surface area (Å²) in [6.45, 7) is 1.12. The second kappa shape index (κ2) is 10.2. The van der Waals surface area contributed by atoms with Gasteiger partial charge in [-0.2, -0.15) is 5.10 Å². The topological polar surface area (TPSA) is 131 Å². The number of hydrogen-bond donors (Lipinski definition) is 3. The lowest BCUT2D eigenvalue weighted by Gasteiger charge is -2.26. The highest BCUT2D eigenvalue weighted by Crippen LogP contribution is 2.50. The van der Waals surface area contributed by atoms with E-state index in [1.807, 2.05) is 29.0 Å². The van der Waals surface area contributed by atoms with Crippen molar-refractivity contribution in [3.8, 4) is 11.5 Å². The highest BCUT2D eigenvalue weighted by Gasteiger charge is 2.38. The zero-order valence-corrected chi connectivity index (χ0v) is 18.4. The van der Waals surface area contributed by atoms with E-state index >= 15 is 0 Å². The van der Waals surface area contributed by atoms with Crippen LogP contribution in [0.5, 0.6) is 11.5 Å². The van der Waals surface area contributed by atoms with E-state index in [1.54, 1.807) is 19.6 Å². The highest BCUT2D eigenvalue weighted by molar-refractivity contribution is 5.94. The van der Waals surface area contributed by atoms with Gasteiger partial charge in [0.2, 0.25) is 5.91 Å². The molecule has 1 atom stereocenters. The lowest BCUT2D eigenvalue weighted by molar-refractivity contribution is -0.123. The third-order valence-electron chi connectivity index (χ3n) is 5.79. The molecule has 3 N–H and O–H groups in total. The number of aromatic amines is 1. The predicted molar refractivity (Wildman–Crippen MR) is 120 cm³/mol. The van der Waals surface area contributed by atoms with Crippen LogP contribution in [0.2, 0.25) is 0 Å². The maximum atomic E-state index is 12.4. The van der Waals surface area contributed by atoms with Gasteiger partial charge in [-0.3, -0.25) is 14.7 Å². The first kappa shape index (κ1) is 22.4. The number of fused-ring (bicyclic) bond motifs is 1. The number of carbonyl (C=O) groups excluding carboxylic acids is 1. The van der Waals surface area contributed by atoms with Gasteiger partial charge in [-0.15, -0.1) is 0 Å². The summed E-state index contributed by atoms with van der Waals surface area (Å²) in [7, 11) is 1.64. The molecule has 5 rings (SSSR count). The molecule has 2 aromatic heterocycles. The summed E-state index contributed by atoms with van der Waals surface area (Å²) in [4.78, 5) is 24.8. The summed E-state index contributed by atoms with van der Waals surface area (Å²) >= 11 is 0. The van der Waals surface area contributed by atoms with Gasteiger partial charge in [-0.25, -0.2) is 4.98 Å². The first-order valence-corrected chi connectivity index (χ1v) is 10.9. The number of methoxy groups -OCH3 is 1. The van der Waals surface area contributed by atoms with Crippen molar-refractivity contribution >= 4 is 18.2 Å². The first-order chi connectivity index (χ1) is 16.2. The van der Waals surface area contributed by atoms with Gasteiger partial charge in [-0.05, 0) is 25.3 Å². The summed E-state index contributed by atoms with van der Waals surface area (Å²) in [6, 6.07) is 5.88. The number of aromatic nitrogens is 4. The largest absolute Gasteiger partial charge is 0.493 e. The van der Waals surface area contributed by atoms with Crippen LogP contribution in [-0.2, 0) is 16.1 Å². The van der Waals surface area contributed by atoms with Crippen LogP contribution in [0, 0.1) is 0 Å². The molecule has 1 aromatic carbocycles. The lowest BCUT2D eigenvalue weighted by atomic mass is 9.84. The summed E-state index contributed by atoms with van der Waals surface area (Å²) in [5, 5.41) is 17.4.